The standard InChI is InChI=1S/C32H41F7N2O4/c1-8-11-12-25(45-24-16-13-19(28(4,5)9-2)17-21(24)29(6,7)10-3)26(43)40-20-14-15-22(23(42)18-20)41-27(44)30(33,34)31(35,36)32(37,38)39/h13-18,25,42H,8-12H2,1-7H3,(H,40,43)(H,41,44)/t25-/m1/s1. The highest BCUT2D eigenvalue weighted by molar-refractivity contribution is 5.99. The van der Waals surface area contributed by atoms with Crippen LogP contribution in [0.25, 0.3) is 0 Å². The van der Waals surface area contributed by atoms with E-state index in [4.69, 9.17) is 4.74 Å². The monoisotopic (exact) mass is 650 g/mol. The highest BCUT2D eigenvalue weighted by atomic mass is 19.4. The van der Waals surface area contributed by atoms with Crippen LogP contribution in [-0.4, -0.2) is 41.0 Å². The number of hydrogen-bond acceptors (Lipinski definition) is 4. The molecule has 0 heterocycles. The second kappa shape index (κ2) is 13.9. The van der Waals surface area contributed by atoms with Crippen LogP contribution in [0.15, 0.2) is 36.4 Å². The first-order chi connectivity index (χ1) is 20.6. The topological polar surface area (TPSA) is 87.7 Å². The molecular formula is C32H41F7N2O4. The number of rotatable bonds is 14. The van der Waals surface area contributed by atoms with E-state index in [1.54, 1.807) is 0 Å². The minimum Gasteiger partial charge on any atom is -0.506 e. The predicted octanol–water partition coefficient (Wildman–Crippen LogP) is 9.12. The number of amides is 2. The second-order valence-electron chi connectivity index (χ2n) is 12.3. The molecule has 0 radical (unpaired) electrons. The van der Waals surface area contributed by atoms with Gasteiger partial charge in [-0.25, -0.2) is 0 Å². The van der Waals surface area contributed by atoms with Crippen molar-refractivity contribution in [3.05, 3.63) is 47.5 Å². The lowest BCUT2D eigenvalue weighted by atomic mass is 9.76. The number of phenols is 1. The van der Waals surface area contributed by atoms with E-state index in [0.717, 1.165) is 48.6 Å². The highest BCUT2D eigenvalue weighted by Gasteiger charge is 2.76. The van der Waals surface area contributed by atoms with Crippen LogP contribution < -0.4 is 15.4 Å². The summed E-state index contributed by atoms with van der Waals surface area (Å²) >= 11 is 0. The Morgan fingerprint density at radius 2 is 1.44 bits per heavy atom. The van der Waals surface area contributed by atoms with Gasteiger partial charge in [0.05, 0.1) is 5.69 Å². The highest BCUT2D eigenvalue weighted by Crippen LogP contribution is 2.47. The Morgan fingerprint density at radius 3 is 1.96 bits per heavy atom. The molecule has 2 amide bonds. The number of aromatic hydroxyl groups is 1. The van der Waals surface area contributed by atoms with Gasteiger partial charge >= 0.3 is 23.9 Å². The summed E-state index contributed by atoms with van der Waals surface area (Å²) in [5.74, 6) is -16.9. The van der Waals surface area contributed by atoms with Gasteiger partial charge in [0.15, 0.2) is 6.10 Å². The Hall–Kier alpha value is -3.51. The summed E-state index contributed by atoms with van der Waals surface area (Å²) in [6.45, 7) is 14.5. The first kappa shape index (κ1) is 37.7. The van der Waals surface area contributed by atoms with Crippen LogP contribution in [0.1, 0.15) is 91.7 Å². The molecule has 0 aliphatic heterocycles. The van der Waals surface area contributed by atoms with Gasteiger partial charge in [0.25, 0.3) is 5.91 Å². The molecule has 0 unspecified atom stereocenters. The Kier molecular flexibility index (Phi) is 11.6. The number of halogens is 7. The molecule has 13 heteroatoms. The van der Waals surface area contributed by atoms with Crippen molar-refractivity contribution < 1.29 is 50.2 Å². The molecule has 2 aromatic carbocycles. The first-order valence-electron chi connectivity index (χ1n) is 14.6. The average Bonchev–Trinajstić information content (AvgIpc) is 2.95. The number of phenolic OH excluding ortho intramolecular Hbond substituents is 1. The molecule has 0 saturated carbocycles. The number of alkyl halides is 7. The zero-order chi connectivity index (χ0) is 34.6. The van der Waals surface area contributed by atoms with Crippen molar-refractivity contribution in [3.63, 3.8) is 0 Å². The van der Waals surface area contributed by atoms with Crippen LogP contribution in [0, 0.1) is 0 Å². The van der Waals surface area contributed by atoms with Gasteiger partial charge < -0.3 is 20.5 Å². The summed E-state index contributed by atoms with van der Waals surface area (Å²) in [5.41, 5.74) is 0.681. The quantitative estimate of drug-likeness (QED) is 0.141. The summed E-state index contributed by atoms with van der Waals surface area (Å²) in [5, 5.41) is 13.9. The first-order valence-corrected chi connectivity index (χ1v) is 14.6. The van der Waals surface area contributed by atoms with Gasteiger partial charge in [-0.1, -0.05) is 67.0 Å². The molecule has 1 atom stereocenters. The van der Waals surface area contributed by atoms with E-state index >= 15 is 0 Å². The number of carbonyl (C=O) groups is 2. The molecule has 0 aliphatic carbocycles. The van der Waals surface area contributed by atoms with Crippen LogP contribution in [0.2, 0.25) is 0 Å². The van der Waals surface area contributed by atoms with Crippen LogP contribution in [0.4, 0.5) is 42.1 Å². The number of unbranched alkanes of at least 4 members (excludes halogenated alkanes) is 1. The lowest BCUT2D eigenvalue weighted by molar-refractivity contribution is -0.343. The smallest absolute Gasteiger partial charge is 0.460 e. The number of anilines is 2. The van der Waals surface area contributed by atoms with Crippen molar-refractivity contribution in [2.75, 3.05) is 10.6 Å². The summed E-state index contributed by atoms with van der Waals surface area (Å²) in [6.07, 6.45) is -4.33. The molecule has 0 aromatic heterocycles. The van der Waals surface area contributed by atoms with Crippen LogP contribution >= 0.6 is 0 Å². The lowest BCUT2D eigenvalue weighted by Gasteiger charge is -2.31. The van der Waals surface area contributed by atoms with Crippen LogP contribution in [0.5, 0.6) is 11.5 Å². The Balaban J connectivity index is 2.34. The lowest BCUT2D eigenvalue weighted by Crippen LogP contribution is -2.57. The molecule has 0 bridgehead atoms. The van der Waals surface area contributed by atoms with Crippen molar-refractivity contribution in [1.29, 1.82) is 0 Å². The molecule has 0 saturated heterocycles. The third-order valence-electron chi connectivity index (χ3n) is 8.19. The molecule has 45 heavy (non-hydrogen) atoms. The van der Waals surface area contributed by atoms with E-state index in [1.165, 1.54) is 5.32 Å². The van der Waals surface area contributed by atoms with Gasteiger partial charge in [-0.15, -0.1) is 0 Å². The molecule has 0 aliphatic rings. The maximum absolute atomic E-state index is 13.7. The Bertz CT molecular complexity index is 1360. The van der Waals surface area contributed by atoms with Gasteiger partial charge in [0.1, 0.15) is 11.5 Å². The Labute approximate surface area is 258 Å². The van der Waals surface area contributed by atoms with Crippen molar-refractivity contribution in [1.82, 2.24) is 0 Å². The molecule has 0 fully saturated rings. The zero-order valence-electron chi connectivity index (χ0n) is 26.4. The molecule has 2 rings (SSSR count). The minimum absolute atomic E-state index is 0.0814. The third-order valence-corrected chi connectivity index (χ3v) is 8.19. The van der Waals surface area contributed by atoms with Crippen molar-refractivity contribution in [2.45, 2.75) is 116 Å². The minimum atomic E-state index is -6.71. The van der Waals surface area contributed by atoms with E-state index in [9.17, 15) is 45.4 Å². The normalized spacial score (nSPS) is 13.7. The number of carbonyl (C=O) groups excluding carboxylic acids is 2. The van der Waals surface area contributed by atoms with E-state index in [2.05, 4.69) is 46.0 Å². The Morgan fingerprint density at radius 1 is 0.844 bits per heavy atom. The fraction of sp³-hybridized carbons (Fsp3) is 0.562. The SMILES string of the molecule is CCCC[C@@H](Oc1ccc(C(C)(C)CC)cc1C(C)(C)CC)C(=O)Nc1ccc(NC(=O)C(F)(F)C(F)(F)C(F)(F)F)c(O)c1. The van der Waals surface area contributed by atoms with Crippen LogP contribution in [0.3, 0.4) is 0 Å². The third kappa shape index (κ3) is 8.40. The molecular weight excluding hydrogens is 609 g/mol. The molecule has 3 N–H and O–H groups in total. The fourth-order valence-corrected chi connectivity index (χ4v) is 4.22. The molecule has 6 nitrogen and oxygen atoms in total. The summed E-state index contributed by atoms with van der Waals surface area (Å²) in [6, 6.07) is 8.52. The predicted molar refractivity (Wildman–Crippen MR) is 158 cm³/mol. The van der Waals surface area contributed by atoms with E-state index in [0.29, 0.717) is 18.6 Å². The molecule has 0 spiro atoms. The van der Waals surface area contributed by atoms with Gasteiger partial charge in [0, 0.05) is 17.3 Å². The molecule has 2 aromatic rings. The van der Waals surface area contributed by atoms with Crippen molar-refractivity contribution >= 4 is 23.2 Å². The van der Waals surface area contributed by atoms with E-state index < -0.39 is 47.4 Å². The number of benzene rings is 2. The van der Waals surface area contributed by atoms with Gasteiger partial charge in [-0.05, 0) is 60.3 Å². The number of nitrogens with one attached hydrogen (secondary N) is 2. The fourth-order valence-electron chi connectivity index (χ4n) is 4.22. The average molecular weight is 651 g/mol. The summed E-state index contributed by atoms with van der Waals surface area (Å²) in [7, 11) is 0. The summed E-state index contributed by atoms with van der Waals surface area (Å²) < 4.78 is 97.5. The zero-order valence-corrected chi connectivity index (χ0v) is 26.4. The van der Waals surface area contributed by atoms with E-state index in [1.807, 2.05) is 26.0 Å². The second-order valence-corrected chi connectivity index (χ2v) is 12.3. The largest absolute Gasteiger partial charge is 0.506 e. The number of ether oxygens (including phenoxy) is 1. The maximum atomic E-state index is 13.7. The van der Waals surface area contributed by atoms with Crippen molar-refractivity contribution in [2.24, 2.45) is 0 Å². The molecule has 252 valence electrons. The maximum Gasteiger partial charge on any atom is 0.460 e. The van der Waals surface area contributed by atoms with Crippen molar-refractivity contribution in [3.8, 4) is 11.5 Å². The van der Waals surface area contributed by atoms with Gasteiger partial charge in [-0.3, -0.25) is 9.59 Å². The van der Waals surface area contributed by atoms with Gasteiger partial charge in [-0.2, -0.15) is 30.7 Å². The summed E-state index contributed by atoms with van der Waals surface area (Å²) in [4.78, 5) is 25.0. The van der Waals surface area contributed by atoms with E-state index in [-0.39, 0.29) is 16.5 Å². The van der Waals surface area contributed by atoms with Crippen LogP contribution in [-0.2, 0) is 20.4 Å². The van der Waals surface area contributed by atoms with Gasteiger partial charge in [0.2, 0.25) is 0 Å². The number of hydrogen-bond donors (Lipinski definition) is 3.